The molecule has 3 aromatic heterocycles. The molecule has 0 aliphatic rings. The van der Waals surface area contributed by atoms with Crippen molar-refractivity contribution >= 4 is 28.9 Å². The Morgan fingerprint density at radius 2 is 1.68 bits per heavy atom. The number of carbonyl (C=O) groups excluding carboxylic acids is 2. The fourth-order valence-corrected chi connectivity index (χ4v) is 4.09. The largest absolute Gasteiger partial charge is 0.444 e. The van der Waals surface area contributed by atoms with E-state index in [1.807, 2.05) is 39.0 Å². The molecule has 0 aliphatic heterocycles. The molecule has 0 radical (unpaired) electrons. The Morgan fingerprint density at radius 3 is 2.39 bits per heavy atom. The molecule has 0 saturated carbocycles. The summed E-state index contributed by atoms with van der Waals surface area (Å²) in [4.78, 5) is 36.3. The van der Waals surface area contributed by atoms with E-state index in [1.54, 1.807) is 30.6 Å². The van der Waals surface area contributed by atoms with Gasteiger partial charge in [-0.15, -0.1) is 0 Å². The van der Waals surface area contributed by atoms with Crippen LogP contribution in [-0.2, 0) is 9.53 Å². The Morgan fingerprint density at radius 1 is 0.947 bits per heavy atom. The highest BCUT2D eigenvalue weighted by molar-refractivity contribution is 6.03. The summed E-state index contributed by atoms with van der Waals surface area (Å²) in [6.45, 7) is 5.95. The molecule has 4 rings (SSSR count). The van der Waals surface area contributed by atoms with Gasteiger partial charge in [0.05, 0.1) is 5.69 Å². The number of hydrogen-bond acceptors (Lipinski definition) is 5. The second-order valence-corrected chi connectivity index (χ2v) is 10.00. The lowest BCUT2D eigenvalue weighted by atomic mass is 10.00. The minimum absolute atomic E-state index is 0.128. The molecular weight excluding hydrogens is 485 g/mol. The first-order valence-corrected chi connectivity index (χ1v) is 12.7. The fraction of sp³-hybridized carbons (Fsp3) is 0.310. The van der Waals surface area contributed by atoms with Crippen LogP contribution in [0.25, 0.3) is 33.4 Å². The number of aromatic amines is 1. The van der Waals surface area contributed by atoms with Crippen molar-refractivity contribution in [2.45, 2.75) is 52.1 Å². The van der Waals surface area contributed by atoms with Gasteiger partial charge < -0.3 is 20.4 Å². The van der Waals surface area contributed by atoms with E-state index in [-0.39, 0.29) is 11.7 Å². The topological polar surface area (TPSA) is 109 Å². The Bertz CT molecular complexity index is 1400. The van der Waals surface area contributed by atoms with E-state index in [0.29, 0.717) is 30.9 Å². The standard InChI is InChI=1S/C29H32FN5O3/c1-29(2,3)38-28(37)32-16-6-4-5-7-24(36)33-23-13-12-22-25(19-14-17-31-18-15-19)26(35-27(22)34-23)20-8-10-21(30)11-9-20/h8-15,17-18H,4-7,16H2,1-3H3,(H,32,37)(H2,33,34,35,36). The van der Waals surface area contributed by atoms with Gasteiger partial charge in [0.15, 0.2) is 0 Å². The quantitative estimate of drug-likeness (QED) is 0.221. The van der Waals surface area contributed by atoms with Crippen molar-refractivity contribution in [3.63, 3.8) is 0 Å². The number of nitrogens with zero attached hydrogens (tertiary/aromatic N) is 2. The predicted octanol–water partition coefficient (Wildman–Crippen LogP) is 6.45. The SMILES string of the molecule is CC(C)(C)OC(=O)NCCCCCC(=O)Nc1ccc2c(-c3ccncc3)c(-c3ccc(F)cc3)[nH]c2n1. The molecule has 3 heterocycles. The highest BCUT2D eigenvalue weighted by Gasteiger charge is 2.17. The second-order valence-electron chi connectivity index (χ2n) is 10.00. The van der Waals surface area contributed by atoms with Crippen LogP contribution < -0.4 is 10.6 Å². The number of unbranched alkanes of at least 4 members (excludes halogenated alkanes) is 2. The van der Waals surface area contributed by atoms with Crippen molar-refractivity contribution < 1.29 is 18.7 Å². The molecule has 0 spiro atoms. The smallest absolute Gasteiger partial charge is 0.407 e. The van der Waals surface area contributed by atoms with E-state index in [9.17, 15) is 14.0 Å². The van der Waals surface area contributed by atoms with Gasteiger partial charge >= 0.3 is 6.09 Å². The maximum atomic E-state index is 13.5. The summed E-state index contributed by atoms with van der Waals surface area (Å²) < 4.78 is 18.7. The van der Waals surface area contributed by atoms with Crippen molar-refractivity contribution in [1.29, 1.82) is 0 Å². The van der Waals surface area contributed by atoms with E-state index in [2.05, 4.69) is 25.6 Å². The van der Waals surface area contributed by atoms with Gasteiger partial charge in [0.25, 0.3) is 0 Å². The average molecular weight is 518 g/mol. The Hall–Kier alpha value is -4.27. The van der Waals surface area contributed by atoms with Crippen LogP contribution >= 0.6 is 0 Å². The number of halogens is 1. The summed E-state index contributed by atoms with van der Waals surface area (Å²) in [7, 11) is 0. The number of aromatic nitrogens is 3. The van der Waals surface area contributed by atoms with E-state index in [4.69, 9.17) is 4.74 Å². The molecule has 38 heavy (non-hydrogen) atoms. The van der Waals surface area contributed by atoms with E-state index in [1.165, 1.54) is 12.1 Å². The molecule has 198 valence electrons. The van der Waals surface area contributed by atoms with Gasteiger partial charge in [0.2, 0.25) is 5.91 Å². The van der Waals surface area contributed by atoms with Gasteiger partial charge in [-0.3, -0.25) is 9.78 Å². The molecule has 3 N–H and O–H groups in total. The number of amides is 2. The Balaban J connectivity index is 1.39. The van der Waals surface area contributed by atoms with Gasteiger partial charge in [-0.2, -0.15) is 0 Å². The predicted molar refractivity (Wildman–Crippen MR) is 146 cm³/mol. The number of alkyl carbamates (subject to hydrolysis) is 1. The van der Waals surface area contributed by atoms with E-state index in [0.717, 1.165) is 40.6 Å². The maximum Gasteiger partial charge on any atom is 0.407 e. The van der Waals surface area contributed by atoms with Crippen LogP contribution in [0.15, 0.2) is 60.9 Å². The van der Waals surface area contributed by atoms with Gasteiger partial charge in [0.1, 0.15) is 22.9 Å². The number of anilines is 1. The van der Waals surface area contributed by atoms with Crippen LogP contribution in [-0.4, -0.2) is 39.1 Å². The highest BCUT2D eigenvalue weighted by atomic mass is 19.1. The minimum Gasteiger partial charge on any atom is -0.444 e. The van der Waals surface area contributed by atoms with Crippen LogP contribution in [0.2, 0.25) is 0 Å². The van der Waals surface area contributed by atoms with Crippen LogP contribution in [0, 0.1) is 5.82 Å². The molecule has 0 fully saturated rings. The molecule has 0 unspecified atom stereocenters. The molecule has 4 aromatic rings. The summed E-state index contributed by atoms with van der Waals surface area (Å²) in [5.74, 6) is 0.0108. The number of fused-ring (bicyclic) bond motifs is 1. The third kappa shape index (κ3) is 7.15. The number of rotatable bonds is 9. The molecule has 2 amide bonds. The summed E-state index contributed by atoms with van der Waals surface area (Å²) in [6, 6.07) is 13.8. The second kappa shape index (κ2) is 11.9. The lowest BCUT2D eigenvalue weighted by molar-refractivity contribution is -0.116. The molecule has 9 heteroatoms. The molecule has 0 bridgehead atoms. The van der Waals surface area contributed by atoms with Crippen molar-refractivity contribution in [1.82, 2.24) is 20.3 Å². The molecule has 0 saturated heterocycles. The van der Waals surface area contributed by atoms with Crippen molar-refractivity contribution in [3.05, 3.63) is 66.7 Å². The third-order valence-corrected chi connectivity index (χ3v) is 5.78. The highest BCUT2D eigenvalue weighted by Crippen LogP contribution is 2.38. The summed E-state index contributed by atoms with van der Waals surface area (Å²) in [5.41, 5.74) is 3.60. The zero-order chi connectivity index (χ0) is 27.1. The summed E-state index contributed by atoms with van der Waals surface area (Å²) in [6.07, 6.45) is 5.59. The van der Waals surface area contributed by atoms with Crippen LogP contribution in [0.5, 0.6) is 0 Å². The van der Waals surface area contributed by atoms with Crippen LogP contribution in [0.3, 0.4) is 0 Å². The molecule has 8 nitrogen and oxygen atoms in total. The third-order valence-electron chi connectivity index (χ3n) is 5.78. The van der Waals surface area contributed by atoms with Crippen LogP contribution in [0.1, 0.15) is 46.5 Å². The fourth-order valence-electron chi connectivity index (χ4n) is 4.09. The lowest BCUT2D eigenvalue weighted by Gasteiger charge is -2.19. The zero-order valence-corrected chi connectivity index (χ0v) is 21.8. The first-order chi connectivity index (χ1) is 18.2. The first-order valence-electron chi connectivity index (χ1n) is 12.7. The van der Waals surface area contributed by atoms with Crippen molar-refractivity contribution in [2.75, 3.05) is 11.9 Å². The van der Waals surface area contributed by atoms with Gasteiger partial charge in [-0.1, -0.05) is 6.42 Å². The van der Waals surface area contributed by atoms with Gasteiger partial charge in [-0.25, -0.2) is 14.2 Å². The van der Waals surface area contributed by atoms with Crippen molar-refractivity contribution in [2.24, 2.45) is 0 Å². The number of carbonyl (C=O) groups is 2. The summed E-state index contributed by atoms with van der Waals surface area (Å²) in [5, 5.41) is 6.47. The molecule has 1 aromatic carbocycles. The monoisotopic (exact) mass is 517 g/mol. The maximum absolute atomic E-state index is 13.5. The van der Waals surface area contributed by atoms with E-state index < -0.39 is 11.7 Å². The number of nitrogens with one attached hydrogen (secondary N) is 3. The minimum atomic E-state index is -0.525. The number of ether oxygens (including phenoxy) is 1. The summed E-state index contributed by atoms with van der Waals surface area (Å²) >= 11 is 0. The zero-order valence-electron chi connectivity index (χ0n) is 21.8. The molecule has 0 aliphatic carbocycles. The number of benzene rings is 1. The van der Waals surface area contributed by atoms with Crippen molar-refractivity contribution in [3.8, 4) is 22.4 Å². The lowest BCUT2D eigenvalue weighted by Crippen LogP contribution is -2.33. The van der Waals surface area contributed by atoms with Gasteiger partial charge in [-0.05, 0) is 93.3 Å². The first kappa shape index (κ1) is 26.8. The van der Waals surface area contributed by atoms with E-state index >= 15 is 0 Å². The Kier molecular flexibility index (Phi) is 8.35. The number of H-pyrrole nitrogens is 1. The Labute approximate surface area is 221 Å². The number of hydrogen-bond donors (Lipinski definition) is 3. The van der Waals surface area contributed by atoms with Gasteiger partial charge in [0, 0.05) is 36.3 Å². The normalized spacial score (nSPS) is 11.4. The molecular formula is C29H32FN5O3. The van der Waals surface area contributed by atoms with Crippen LogP contribution in [0.4, 0.5) is 15.0 Å². The average Bonchev–Trinajstić information content (AvgIpc) is 3.24. The molecule has 0 atom stereocenters. The number of pyridine rings is 2.